The molecule has 1 atom stereocenters. The predicted octanol–water partition coefficient (Wildman–Crippen LogP) is 2.96. The van der Waals surface area contributed by atoms with Crippen LogP contribution in [0.2, 0.25) is 5.02 Å². The highest BCUT2D eigenvalue weighted by atomic mass is 35.5. The van der Waals surface area contributed by atoms with E-state index < -0.39 is 16.1 Å². The zero-order chi connectivity index (χ0) is 18.6. The molecule has 0 unspecified atom stereocenters. The molecule has 2 rings (SSSR count). The summed E-state index contributed by atoms with van der Waals surface area (Å²) in [6.45, 7) is 3.37. The Hall–Kier alpha value is -2.25. The standard InChI is InChI=1S/C17H19ClN2O4S/c1-11-10-13(18)4-9-16(11)20-25(22,23)15-7-5-14(6-8-15)24-12(2)17(21)19-3/h4-10,12,20H,1-3H3,(H,19,21)/t12-/m0/s1. The lowest BCUT2D eigenvalue weighted by atomic mass is 10.2. The van der Waals surface area contributed by atoms with Crippen molar-refractivity contribution in [3.63, 3.8) is 0 Å². The van der Waals surface area contributed by atoms with Gasteiger partial charge in [-0.3, -0.25) is 9.52 Å². The molecule has 6 nitrogen and oxygen atoms in total. The molecule has 134 valence electrons. The molecule has 0 radical (unpaired) electrons. The summed E-state index contributed by atoms with van der Waals surface area (Å²) >= 11 is 5.88. The van der Waals surface area contributed by atoms with E-state index in [0.29, 0.717) is 16.5 Å². The number of sulfonamides is 1. The topological polar surface area (TPSA) is 84.5 Å². The fourth-order valence-corrected chi connectivity index (χ4v) is 3.46. The Morgan fingerprint density at radius 2 is 1.80 bits per heavy atom. The molecule has 2 aromatic rings. The van der Waals surface area contributed by atoms with Crippen molar-refractivity contribution in [2.24, 2.45) is 0 Å². The van der Waals surface area contributed by atoms with Crippen molar-refractivity contribution in [1.82, 2.24) is 5.32 Å². The first-order chi connectivity index (χ1) is 11.7. The number of carbonyl (C=O) groups is 1. The first kappa shape index (κ1) is 19.1. The Balaban J connectivity index is 2.16. The number of amides is 1. The van der Waals surface area contributed by atoms with E-state index in [1.807, 2.05) is 0 Å². The number of aryl methyl sites for hydroxylation is 1. The normalized spacial score (nSPS) is 12.3. The van der Waals surface area contributed by atoms with Crippen LogP contribution in [0.3, 0.4) is 0 Å². The third kappa shape index (κ3) is 4.87. The monoisotopic (exact) mass is 382 g/mol. The van der Waals surface area contributed by atoms with Crippen molar-refractivity contribution in [2.45, 2.75) is 24.8 Å². The molecule has 2 N–H and O–H groups in total. The van der Waals surface area contributed by atoms with Crippen LogP contribution in [0, 0.1) is 6.92 Å². The van der Waals surface area contributed by atoms with Gasteiger partial charge in [0.1, 0.15) is 5.75 Å². The van der Waals surface area contributed by atoms with Crippen LogP contribution in [0.25, 0.3) is 0 Å². The summed E-state index contributed by atoms with van der Waals surface area (Å²) in [5, 5.41) is 3.01. The summed E-state index contributed by atoms with van der Waals surface area (Å²) in [5.41, 5.74) is 1.17. The van der Waals surface area contributed by atoms with Gasteiger partial charge >= 0.3 is 0 Å². The van der Waals surface area contributed by atoms with E-state index in [1.165, 1.54) is 31.3 Å². The zero-order valence-corrected chi connectivity index (χ0v) is 15.6. The highest BCUT2D eigenvalue weighted by Crippen LogP contribution is 2.24. The molecule has 0 aliphatic carbocycles. The van der Waals surface area contributed by atoms with E-state index in [0.717, 1.165) is 5.56 Å². The van der Waals surface area contributed by atoms with Crippen molar-refractivity contribution in [3.8, 4) is 5.75 Å². The average Bonchev–Trinajstić information content (AvgIpc) is 2.57. The van der Waals surface area contributed by atoms with Crippen LogP contribution in [-0.2, 0) is 14.8 Å². The van der Waals surface area contributed by atoms with Crippen molar-refractivity contribution < 1.29 is 17.9 Å². The number of hydrogen-bond donors (Lipinski definition) is 2. The highest BCUT2D eigenvalue weighted by Gasteiger charge is 2.17. The maximum Gasteiger partial charge on any atom is 0.261 e. The van der Waals surface area contributed by atoms with Gasteiger partial charge in [-0.05, 0) is 61.9 Å². The van der Waals surface area contributed by atoms with E-state index in [9.17, 15) is 13.2 Å². The molecule has 0 aliphatic rings. The third-order valence-corrected chi connectivity index (χ3v) is 5.11. The number of rotatable bonds is 6. The molecular weight excluding hydrogens is 364 g/mol. The first-order valence-corrected chi connectivity index (χ1v) is 9.36. The predicted molar refractivity (Wildman–Crippen MR) is 97.6 cm³/mol. The summed E-state index contributed by atoms with van der Waals surface area (Å²) in [6.07, 6.45) is -0.678. The second-order valence-corrected chi connectivity index (χ2v) is 7.53. The van der Waals surface area contributed by atoms with Gasteiger partial charge in [-0.1, -0.05) is 11.6 Å². The lowest BCUT2D eigenvalue weighted by Gasteiger charge is -2.14. The van der Waals surface area contributed by atoms with Crippen LogP contribution in [-0.4, -0.2) is 27.5 Å². The number of halogens is 1. The van der Waals surface area contributed by atoms with Crippen LogP contribution < -0.4 is 14.8 Å². The second kappa shape index (κ2) is 7.76. The molecule has 0 aliphatic heterocycles. The fraction of sp³-hybridized carbons (Fsp3) is 0.235. The molecule has 0 bridgehead atoms. The number of anilines is 1. The van der Waals surface area contributed by atoms with Crippen LogP contribution >= 0.6 is 11.6 Å². The molecule has 0 saturated carbocycles. The fourth-order valence-electron chi connectivity index (χ4n) is 2.10. The summed E-state index contributed by atoms with van der Waals surface area (Å²) in [5.74, 6) is 0.134. The van der Waals surface area contributed by atoms with E-state index >= 15 is 0 Å². The van der Waals surface area contributed by atoms with E-state index in [1.54, 1.807) is 32.0 Å². The van der Waals surface area contributed by atoms with Gasteiger partial charge in [0.05, 0.1) is 10.6 Å². The molecule has 25 heavy (non-hydrogen) atoms. The summed E-state index contributed by atoms with van der Waals surface area (Å²) in [7, 11) is -2.23. The Bertz CT molecular complexity index is 867. The van der Waals surface area contributed by atoms with Gasteiger partial charge in [-0.2, -0.15) is 0 Å². The minimum atomic E-state index is -3.74. The number of hydrogen-bond acceptors (Lipinski definition) is 4. The number of carbonyl (C=O) groups excluding carboxylic acids is 1. The Morgan fingerprint density at radius 1 is 1.16 bits per heavy atom. The summed E-state index contributed by atoms with van der Waals surface area (Å²) < 4.78 is 32.9. The lowest BCUT2D eigenvalue weighted by molar-refractivity contribution is -0.126. The van der Waals surface area contributed by atoms with E-state index in [4.69, 9.17) is 16.3 Å². The Morgan fingerprint density at radius 3 is 2.36 bits per heavy atom. The van der Waals surface area contributed by atoms with Gasteiger partial charge in [0, 0.05) is 12.1 Å². The van der Waals surface area contributed by atoms with Crippen LogP contribution in [0.1, 0.15) is 12.5 Å². The minimum absolute atomic E-state index is 0.0850. The van der Waals surface area contributed by atoms with Gasteiger partial charge in [0.25, 0.3) is 15.9 Å². The summed E-state index contributed by atoms with van der Waals surface area (Å²) in [6, 6.07) is 10.7. The van der Waals surface area contributed by atoms with Gasteiger partial charge in [0.15, 0.2) is 6.10 Å². The highest BCUT2D eigenvalue weighted by molar-refractivity contribution is 7.92. The Kier molecular flexibility index (Phi) is 5.92. The molecular formula is C17H19ClN2O4S. The average molecular weight is 383 g/mol. The molecule has 0 heterocycles. The van der Waals surface area contributed by atoms with E-state index in [2.05, 4.69) is 10.0 Å². The molecule has 2 aromatic carbocycles. The van der Waals surface area contributed by atoms with Crippen LogP contribution in [0.5, 0.6) is 5.75 Å². The summed E-state index contributed by atoms with van der Waals surface area (Å²) in [4.78, 5) is 11.5. The third-order valence-electron chi connectivity index (χ3n) is 3.50. The van der Waals surface area contributed by atoms with Crippen LogP contribution in [0.15, 0.2) is 47.4 Å². The molecule has 0 aromatic heterocycles. The number of nitrogens with one attached hydrogen (secondary N) is 2. The molecule has 8 heteroatoms. The molecule has 0 saturated heterocycles. The quantitative estimate of drug-likeness (QED) is 0.804. The van der Waals surface area contributed by atoms with Crippen molar-refractivity contribution in [3.05, 3.63) is 53.1 Å². The maximum atomic E-state index is 12.5. The minimum Gasteiger partial charge on any atom is -0.481 e. The van der Waals surface area contributed by atoms with Gasteiger partial charge in [-0.15, -0.1) is 0 Å². The van der Waals surface area contributed by atoms with Gasteiger partial charge < -0.3 is 10.1 Å². The number of ether oxygens (including phenoxy) is 1. The molecule has 1 amide bonds. The number of benzene rings is 2. The zero-order valence-electron chi connectivity index (χ0n) is 14.0. The van der Waals surface area contributed by atoms with Crippen molar-refractivity contribution in [2.75, 3.05) is 11.8 Å². The largest absolute Gasteiger partial charge is 0.481 e. The first-order valence-electron chi connectivity index (χ1n) is 7.50. The lowest BCUT2D eigenvalue weighted by Crippen LogP contribution is -2.33. The van der Waals surface area contributed by atoms with E-state index in [-0.39, 0.29) is 10.8 Å². The van der Waals surface area contributed by atoms with Crippen LogP contribution in [0.4, 0.5) is 5.69 Å². The smallest absolute Gasteiger partial charge is 0.261 e. The Labute approximate surface area is 152 Å². The van der Waals surface area contributed by atoms with Crippen molar-refractivity contribution >= 4 is 33.2 Å². The van der Waals surface area contributed by atoms with Crippen molar-refractivity contribution in [1.29, 1.82) is 0 Å². The van der Waals surface area contributed by atoms with Gasteiger partial charge in [-0.25, -0.2) is 8.42 Å². The van der Waals surface area contributed by atoms with Gasteiger partial charge in [0.2, 0.25) is 0 Å². The molecule has 0 fully saturated rings. The SMILES string of the molecule is CNC(=O)[C@H](C)Oc1ccc(S(=O)(=O)Nc2ccc(Cl)cc2C)cc1. The molecule has 0 spiro atoms. The maximum absolute atomic E-state index is 12.5. The number of likely N-dealkylation sites (N-methyl/N-ethyl adjacent to an activating group) is 1. The second-order valence-electron chi connectivity index (χ2n) is 5.41.